The summed E-state index contributed by atoms with van der Waals surface area (Å²) in [5.74, 6) is 1.74. The molecule has 1 atom stereocenters. The SMILES string of the molecule is COc1cc(C2CC(=O)Nc3n[nH]c(C)c32)ccc1OCc1ccc(Cl)cc1. The van der Waals surface area contributed by atoms with Gasteiger partial charge in [0.2, 0.25) is 5.91 Å². The van der Waals surface area contributed by atoms with Crippen molar-refractivity contribution in [3.63, 3.8) is 0 Å². The minimum Gasteiger partial charge on any atom is -0.493 e. The molecule has 0 aliphatic carbocycles. The molecule has 7 heteroatoms. The van der Waals surface area contributed by atoms with Crippen molar-refractivity contribution in [3.8, 4) is 11.5 Å². The molecule has 0 saturated carbocycles. The molecule has 28 heavy (non-hydrogen) atoms. The van der Waals surface area contributed by atoms with Gasteiger partial charge in [-0.15, -0.1) is 0 Å². The number of benzene rings is 2. The Bertz CT molecular complexity index is 1010. The number of methoxy groups -OCH3 is 1. The molecule has 144 valence electrons. The number of aromatic amines is 1. The van der Waals surface area contributed by atoms with Crippen LogP contribution in [-0.2, 0) is 11.4 Å². The van der Waals surface area contributed by atoms with Crippen LogP contribution in [0.3, 0.4) is 0 Å². The lowest BCUT2D eigenvalue weighted by atomic mass is 9.85. The molecule has 0 fully saturated rings. The van der Waals surface area contributed by atoms with Gasteiger partial charge in [-0.2, -0.15) is 5.10 Å². The van der Waals surface area contributed by atoms with Gasteiger partial charge in [-0.25, -0.2) is 0 Å². The van der Waals surface area contributed by atoms with Gasteiger partial charge < -0.3 is 14.8 Å². The molecular formula is C21H20ClN3O3. The van der Waals surface area contributed by atoms with Crippen LogP contribution in [0.4, 0.5) is 5.82 Å². The maximum absolute atomic E-state index is 12.1. The number of fused-ring (bicyclic) bond motifs is 1. The molecule has 1 aromatic heterocycles. The maximum Gasteiger partial charge on any atom is 0.226 e. The highest BCUT2D eigenvalue weighted by atomic mass is 35.5. The quantitative estimate of drug-likeness (QED) is 0.667. The number of amides is 1. The van der Waals surface area contributed by atoms with Crippen LogP contribution in [0, 0.1) is 6.92 Å². The van der Waals surface area contributed by atoms with Gasteiger partial charge in [0.15, 0.2) is 17.3 Å². The minimum atomic E-state index is -0.0817. The van der Waals surface area contributed by atoms with Crippen molar-refractivity contribution in [2.45, 2.75) is 25.9 Å². The van der Waals surface area contributed by atoms with Gasteiger partial charge in [-0.05, 0) is 42.3 Å². The number of halogens is 1. The van der Waals surface area contributed by atoms with Gasteiger partial charge in [-0.1, -0.05) is 29.8 Å². The highest BCUT2D eigenvalue weighted by Crippen LogP contribution is 2.40. The zero-order valence-corrected chi connectivity index (χ0v) is 16.3. The lowest BCUT2D eigenvalue weighted by Gasteiger charge is -2.23. The number of carbonyl (C=O) groups excluding carboxylic acids is 1. The van der Waals surface area contributed by atoms with E-state index in [0.29, 0.717) is 35.4 Å². The van der Waals surface area contributed by atoms with Crippen molar-refractivity contribution >= 4 is 23.3 Å². The maximum atomic E-state index is 12.1. The Hall–Kier alpha value is -2.99. The number of ether oxygens (including phenoxy) is 2. The molecule has 1 amide bonds. The van der Waals surface area contributed by atoms with Crippen LogP contribution in [0.5, 0.6) is 11.5 Å². The molecule has 2 aromatic carbocycles. The van der Waals surface area contributed by atoms with E-state index in [-0.39, 0.29) is 11.8 Å². The normalized spacial score (nSPS) is 15.7. The number of aromatic nitrogens is 2. The average molecular weight is 398 g/mol. The molecule has 3 aromatic rings. The number of aryl methyl sites for hydroxylation is 1. The number of H-pyrrole nitrogens is 1. The van der Waals surface area contributed by atoms with E-state index in [2.05, 4.69) is 15.5 Å². The fourth-order valence-corrected chi connectivity index (χ4v) is 3.60. The van der Waals surface area contributed by atoms with Crippen molar-refractivity contribution < 1.29 is 14.3 Å². The molecule has 2 heterocycles. The Morgan fingerprint density at radius 1 is 1.18 bits per heavy atom. The largest absolute Gasteiger partial charge is 0.493 e. The number of nitrogens with one attached hydrogen (secondary N) is 2. The van der Waals surface area contributed by atoms with Gasteiger partial charge in [0.05, 0.1) is 7.11 Å². The summed E-state index contributed by atoms with van der Waals surface area (Å²) in [6.07, 6.45) is 0.363. The molecule has 4 rings (SSSR count). The standard InChI is InChI=1S/C21H20ClN3O3/c1-12-20-16(10-19(26)23-21(20)25-24-12)14-5-8-17(18(9-14)27-2)28-11-13-3-6-15(22)7-4-13/h3-9,16H,10-11H2,1-2H3,(H2,23,24,25,26). The van der Waals surface area contributed by atoms with Crippen LogP contribution in [-0.4, -0.2) is 23.2 Å². The Morgan fingerprint density at radius 3 is 2.71 bits per heavy atom. The van der Waals surface area contributed by atoms with Crippen molar-refractivity contribution in [1.29, 1.82) is 0 Å². The first-order valence-corrected chi connectivity index (χ1v) is 9.33. The molecule has 6 nitrogen and oxygen atoms in total. The highest BCUT2D eigenvalue weighted by molar-refractivity contribution is 6.30. The van der Waals surface area contributed by atoms with Crippen LogP contribution in [0.25, 0.3) is 0 Å². The topological polar surface area (TPSA) is 76.2 Å². The molecule has 0 radical (unpaired) electrons. The van der Waals surface area contributed by atoms with E-state index in [4.69, 9.17) is 21.1 Å². The zero-order valence-electron chi connectivity index (χ0n) is 15.6. The number of rotatable bonds is 5. The van der Waals surface area contributed by atoms with E-state index in [1.807, 2.05) is 49.4 Å². The second-order valence-electron chi connectivity index (χ2n) is 6.74. The van der Waals surface area contributed by atoms with Crippen LogP contribution >= 0.6 is 11.6 Å². The van der Waals surface area contributed by atoms with E-state index in [1.165, 1.54) is 0 Å². The predicted molar refractivity (Wildman–Crippen MR) is 107 cm³/mol. The third-order valence-corrected chi connectivity index (χ3v) is 5.14. The van der Waals surface area contributed by atoms with Gasteiger partial charge >= 0.3 is 0 Å². The lowest BCUT2D eigenvalue weighted by Crippen LogP contribution is -2.23. The summed E-state index contributed by atoms with van der Waals surface area (Å²) in [4.78, 5) is 12.1. The smallest absolute Gasteiger partial charge is 0.226 e. The molecule has 2 N–H and O–H groups in total. The summed E-state index contributed by atoms with van der Waals surface area (Å²) < 4.78 is 11.5. The summed E-state index contributed by atoms with van der Waals surface area (Å²) in [5.41, 5.74) is 3.95. The molecule has 0 spiro atoms. The number of anilines is 1. The summed E-state index contributed by atoms with van der Waals surface area (Å²) in [5, 5.41) is 10.6. The first kappa shape index (κ1) is 18.4. The molecular weight excluding hydrogens is 378 g/mol. The number of hydrogen-bond donors (Lipinski definition) is 2. The van der Waals surface area contributed by atoms with Crippen LogP contribution in [0.1, 0.15) is 34.7 Å². The monoisotopic (exact) mass is 397 g/mol. The minimum absolute atomic E-state index is 0.0500. The summed E-state index contributed by atoms with van der Waals surface area (Å²) in [6, 6.07) is 13.3. The fourth-order valence-electron chi connectivity index (χ4n) is 3.48. The third-order valence-electron chi connectivity index (χ3n) is 4.89. The molecule has 0 saturated heterocycles. The van der Waals surface area contributed by atoms with E-state index < -0.39 is 0 Å². The van der Waals surface area contributed by atoms with Gasteiger partial charge in [0.1, 0.15) is 6.61 Å². The summed E-state index contributed by atoms with van der Waals surface area (Å²) in [7, 11) is 1.61. The van der Waals surface area contributed by atoms with Gasteiger partial charge in [0.25, 0.3) is 0 Å². The van der Waals surface area contributed by atoms with Crippen molar-refractivity contribution in [2.75, 3.05) is 12.4 Å². The predicted octanol–water partition coefficient (Wildman–Crippen LogP) is 4.43. The first-order valence-electron chi connectivity index (χ1n) is 8.95. The Labute approximate surface area is 167 Å². The Kier molecular flexibility index (Phi) is 4.96. The third kappa shape index (κ3) is 3.55. The van der Waals surface area contributed by atoms with Crippen LogP contribution in [0.2, 0.25) is 5.02 Å². The van der Waals surface area contributed by atoms with Gasteiger partial charge in [-0.3, -0.25) is 9.89 Å². The van der Waals surface area contributed by atoms with E-state index in [1.54, 1.807) is 7.11 Å². The second-order valence-corrected chi connectivity index (χ2v) is 7.18. The highest BCUT2D eigenvalue weighted by Gasteiger charge is 2.30. The zero-order chi connectivity index (χ0) is 19.7. The molecule has 1 unspecified atom stereocenters. The van der Waals surface area contributed by atoms with Crippen molar-refractivity contribution in [3.05, 3.63) is 69.9 Å². The average Bonchev–Trinajstić information content (AvgIpc) is 3.07. The number of hydrogen-bond acceptors (Lipinski definition) is 4. The van der Waals surface area contributed by atoms with Crippen molar-refractivity contribution in [2.24, 2.45) is 0 Å². The van der Waals surface area contributed by atoms with Gasteiger partial charge in [0, 0.05) is 28.6 Å². The first-order chi connectivity index (χ1) is 13.5. The second kappa shape index (κ2) is 7.56. The van der Waals surface area contributed by atoms with Crippen molar-refractivity contribution in [1.82, 2.24) is 10.2 Å². The lowest BCUT2D eigenvalue weighted by molar-refractivity contribution is -0.116. The Balaban J connectivity index is 1.59. The Morgan fingerprint density at radius 2 is 1.96 bits per heavy atom. The molecule has 0 bridgehead atoms. The van der Waals surface area contributed by atoms with E-state index >= 15 is 0 Å². The molecule has 1 aliphatic rings. The number of nitrogens with zero attached hydrogens (tertiary/aromatic N) is 1. The molecule has 1 aliphatic heterocycles. The van der Waals surface area contributed by atoms with Crippen LogP contribution in [0.15, 0.2) is 42.5 Å². The van der Waals surface area contributed by atoms with Crippen LogP contribution < -0.4 is 14.8 Å². The summed E-state index contributed by atoms with van der Waals surface area (Å²) >= 11 is 5.92. The fraction of sp³-hybridized carbons (Fsp3) is 0.238. The summed E-state index contributed by atoms with van der Waals surface area (Å²) in [6.45, 7) is 2.36. The number of carbonyl (C=O) groups is 1. The van der Waals surface area contributed by atoms with E-state index in [0.717, 1.165) is 22.4 Å². The van der Waals surface area contributed by atoms with E-state index in [9.17, 15) is 4.79 Å².